The molecule has 0 spiro atoms. The van der Waals surface area contributed by atoms with Crippen LogP contribution in [0.4, 0.5) is 5.82 Å². The third kappa shape index (κ3) is 3.78. The van der Waals surface area contributed by atoms with Crippen molar-refractivity contribution in [2.24, 2.45) is 5.92 Å². The van der Waals surface area contributed by atoms with E-state index in [1.807, 2.05) is 19.2 Å². The van der Waals surface area contributed by atoms with E-state index in [1.165, 1.54) is 6.42 Å². The average molecular weight is 337 g/mol. The first-order valence-electron chi connectivity index (χ1n) is 8.45. The van der Waals surface area contributed by atoms with E-state index in [9.17, 15) is 4.79 Å². The molecule has 1 aliphatic carbocycles. The summed E-state index contributed by atoms with van der Waals surface area (Å²) >= 11 is 5.88. The molecule has 0 aromatic carbocycles. The molecule has 1 aliphatic heterocycles. The first-order valence-corrected chi connectivity index (χ1v) is 8.83. The minimum absolute atomic E-state index is 0.118. The Labute approximate surface area is 142 Å². The maximum atomic E-state index is 12.4. The van der Waals surface area contributed by atoms with Crippen molar-refractivity contribution >= 4 is 23.3 Å². The lowest BCUT2D eigenvalue weighted by Crippen LogP contribution is -2.57. The highest BCUT2D eigenvalue weighted by atomic mass is 35.5. The third-order valence-electron chi connectivity index (χ3n) is 5.34. The molecule has 1 saturated heterocycles. The number of piperidine rings is 1. The molecular weight excluding hydrogens is 312 g/mol. The number of nitrogens with one attached hydrogen (secondary N) is 2. The molecule has 2 aliphatic rings. The van der Waals surface area contributed by atoms with Gasteiger partial charge < -0.3 is 15.5 Å². The standard InChI is InChI=1S/C17H25ClN4O/c1-19-17(7-2-8-17)12-21-16(23)13-5-9-22(10-6-13)15-4-3-14(18)11-20-15/h3-4,11,13,19H,2,5-10,12H2,1H3,(H,21,23). The van der Waals surface area contributed by atoms with Gasteiger partial charge in [0.05, 0.1) is 5.02 Å². The normalized spacial score (nSPS) is 20.9. The molecule has 1 saturated carbocycles. The Hall–Kier alpha value is -1.33. The summed E-state index contributed by atoms with van der Waals surface area (Å²) < 4.78 is 0. The molecule has 2 heterocycles. The van der Waals surface area contributed by atoms with Gasteiger partial charge in [-0.3, -0.25) is 4.79 Å². The molecule has 1 amide bonds. The van der Waals surface area contributed by atoms with Gasteiger partial charge in [-0.1, -0.05) is 11.6 Å². The molecular formula is C17H25ClN4O. The summed E-state index contributed by atoms with van der Waals surface area (Å²) in [7, 11) is 1.99. The van der Waals surface area contributed by atoms with Crippen LogP contribution in [0.3, 0.4) is 0 Å². The van der Waals surface area contributed by atoms with Gasteiger partial charge in [0.15, 0.2) is 0 Å². The van der Waals surface area contributed by atoms with Crippen LogP contribution in [-0.2, 0) is 4.79 Å². The highest BCUT2D eigenvalue weighted by molar-refractivity contribution is 6.30. The van der Waals surface area contributed by atoms with Crippen LogP contribution < -0.4 is 15.5 Å². The molecule has 0 radical (unpaired) electrons. The van der Waals surface area contributed by atoms with Gasteiger partial charge in [-0.05, 0) is 51.3 Å². The first kappa shape index (κ1) is 16.5. The van der Waals surface area contributed by atoms with Crippen LogP contribution in [0.1, 0.15) is 32.1 Å². The highest BCUT2D eigenvalue weighted by Crippen LogP contribution is 2.31. The van der Waals surface area contributed by atoms with E-state index in [4.69, 9.17) is 11.6 Å². The van der Waals surface area contributed by atoms with Crippen molar-refractivity contribution in [3.63, 3.8) is 0 Å². The molecule has 0 bridgehead atoms. The van der Waals surface area contributed by atoms with E-state index in [2.05, 4.69) is 20.5 Å². The maximum Gasteiger partial charge on any atom is 0.223 e. The van der Waals surface area contributed by atoms with E-state index in [-0.39, 0.29) is 17.4 Å². The molecule has 0 atom stereocenters. The molecule has 23 heavy (non-hydrogen) atoms. The predicted molar refractivity (Wildman–Crippen MR) is 92.8 cm³/mol. The van der Waals surface area contributed by atoms with Crippen LogP contribution >= 0.6 is 11.6 Å². The number of aromatic nitrogens is 1. The van der Waals surface area contributed by atoms with Crippen molar-refractivity contribution in [1.82, 2.24) is 15.6 Å². The third-order valence-corrected chi connectivity index (χ3v) is 5.57. The lowest BCUT2D eigenvalue weighted by molar-refractivity contribution is -0.126. The topological polar surface area (TPSA) is 57.3 Å². The van der Waals surface area contributed by atoms with Crippen LogP contribution in [0.25, 0.3) is 0 Å². The molecule has 2 N–H and O–H groups in total. The second-order valence-corrected chi connectivity index (χ2v) is 7.13. The summed E-state index contributed by atoms with van der Waals surface area (Å²) in [4.78, 5) is 19.0. The van der Waals surface area contributed by atoms with Crippen molar-refractivity contribution in [3.8, 4) is 0 Å². The fraction of sp³-hybridized carbons (Fsp3) is 0.647. The van der Waals surface area contributed by atoms with Gasteiger partial charge in [-0.2, -0.15) is 0 Å². The van der Waals surface area contributed by atoms with E-state index >= 15 is 0 Å². The summed E-state index contributed by atoms with van der Waals surface area (Å²) in [6, 6.07) is 3.80. The summed E-state index contributed by atoms with van der Waals surface area (Å²) in [5, 5.41) is 7.17. The number of anilines is 1. The predicted octanol–water partition coefficient (Wildman–Crippen LogP) is 2.21. The number of likely N-dealkylation sites (N-methyl/N-ethyl adjacent to an activating group) is 1. The van der Waals surface area contributed by atoms with Crippen LogP contribution in [-0.4, -0.2) is 43.1 Å². The zero-order chi connectivity index (χ0) is 16.3. The maximum absolute atomic E-state index is 12.4. The number of hydrogen-bond acceptors (Lipinski definition) is 4. The van der Waals surface area contributed by atoms with Crippen LogP contribution in [0.2, 0.25) is 5.02 Å². The van der Waals surface area contributed by atoms with Crippen LogP contribution in [0.15, 0.2) is 18.3 Å². The summed E-state index contributed by atoms with van der Waals surface area (Å²) in [5.74, 6) is 1.26. The van der Waals surface area contributed by atoms with Gasteiger partial charge >= 0.3 is 0 Å². The summed E-state index contributed by atoms with van der Waals surface area (Å²) in [5.41, 5.74) is 0.142. The molecule has 5 nitrogen and oxygen atoms in total. The number of carbonyl (C=O) groups excluding carboxylic acids is 1. The van der Waals surface area contributed by atoms with Gasteiger partial charge in [0.25, 0.3) is 0 Å². The number of carbonyl (C=O) groups is 1. The van der Waals surface area contributed by atoms with Crippen LogP contribution in [0.5, 0.6) is 0 Å². The van der Waals surface area contributed by atoms with Crippen LogP contribution in [0, 0.1) is 5.92 Å². The number of halogens is 1. The summed E-state index contributed by atoms with van der Waals surface area (Å²) in [6.45, 7) is 2.48. The Morgan fingerprint density at radius 1 is 1.39 bits per heavy atom. The number of pyridine rings is 1. The smallest absolute Gasteiger partial charge is 0.223 e. The number of amides is 1. The van der Waals surface area contributed by atoms with Gasteiger partial charge in [0, 0.05) is 37.3 Å². The van der Waals surface area contributed by atoms with Gasteiger partial charge in [-0.25, -0.2) is 4.98 Å². The zero-order valence-corrected chi connectivity index (χ0v) is 14.4. The van der Waals surface area contributed by atoms with Gasteiger partial charge in [0.2, 0.25) is 5.91 Å². The van der Waals surface area contributed by atoms with E-state index < -0.39 is 0 Å². The summed E-state index contributed by atoms with van der Waals surface area (Å²) in [6.07, 6.45) is 7.00. The fourth-order valence-corrected chi connectivity index (χ4v) is 3.56. The second-order valence-electron chi connectivity index (χ2n) is 6.70. The zero-order valence-electron chi connectivity index (χ0n) is 13.6. The minimum atomic E-state index is 0.118. The minimum Gasteiger partial charge on any atom is -0.357 e. The number of hydrogen-bond donors (Lipinski definition) is 2. The van der Waals surface area contributed by atoms with Gasteiger partial charge in [0.1, 0.15) is 5.82 Å². The van der Waals surface area contributed by atoms with Crippen molar-refractivity contribution in [1.29, 1.82) is 0 Å². The largest absolute Gasteiger partial charge is 0.357 e. The van der Waals surface area contributed by atoms with E-state index in [1.54, 1.807) is 6.20 Å². The quantitative estimate of drug-likeness (QED) is 0.865. The molecule has 1 aromatic rings. The molecule has 126 valence electrons. The Balaban J connectivity index is 1.46. The molecule has 1 aromatic heterocycles. The van der Waals surface area contributed by atoms with Crippen molar-refractivity contribution in [3.05, 3.63) is 23.4 Å². The van der Waals surface area contributed by atoms with Crippen molar-refractivity contribution in [2.45, 2.75) is 37.6 Å². The number of rotatable bonds is 5. The number of nitrogens with zero attached hydrogens (tertiary/aromatic N) is 2. The average Bonchev–Trinajstić information content (AvgIpc) is 2.55. The Bertz CT molecular complexity index is 531. The first-order chi connectivity index (χ1) is 11.1. The molecule has 3 rings (SSSR count). The fourth-order valence-electron chi connectivity index (χ4n) is 3.45. The molecule has 2 fully saturated rings. The second kappa shape index (κ2) is 7.05. The lowest BCUT2D eigenvalue weighted by atomic mass is 9.76. The van der Waals surface area contributed by atoms with Crippen molar-refractivity contribution < 1.29 is 4.79 Å². The molecule has 6 heteroatoms. The Morgan fingerprint density at radius 2 is 2.13 bits per heavy atom. The monoisotopic (exact) mass is 336 g/mol. The lowest BCUT2D eigenvalue weighted by Gasteiger charge is -2.42. The van der Waals surface area contributed by atoms with E-state index in [0.717, 1.165) is 51.1 Å². The Kier molecular flexibility index (Phi) is 5.07. The molecule has 0 unspecified atom stereocenters. The van der Waals surface area contributed by atoms with Gasteiger partial charge in [-0.15, -0.1) is 0 Å². The highest BCUT2D eigenvalue weighted by Gasteiger charge is 2.36. The van der Waals surface area contributed by atoms with E-state index in [0.29, 0.717) is 5.02 Å². The Morgan fingerprint density at radius 3 is 2.65 bits per heavy atom. The SMILES string of the molecule is CNC1(CNC(=O)C2CCN(c3ccc(Cl)cn3)CC2)CCC1. The van der Waals surface area contributed by atoms with Crippen molar-refractivity contribution in [2.75, 3.05) is 31.6 Å².